The molecule has 0 unspecified atom stereocenters. The van der Waals surface area contributed by atoms with Crippen molar-refractivity contribution in [2.24, 2.45) is 5.92 Å². The van der Waals surface area contributed by atoms with Crippen molar-refractivity contribution in [3.63, 3.8) is 0 Å². The van der Waals surface area contributed by atoms with Gasteiger partial charge in [0, 0.05) is 26.0 Å². The molecule has 0 spiro atoms. The maximum absolute atomic E-state index is 12.8. The second-order valence-electron chi connectivity index (χ2n) is 8.73. The number of nitrogens with one attached hydrogen (secondary N) is 1. The summed E-state index contributed by atoms with van der Waals surface area (Å²) in [5.74, 6) is 1.15. The number of benzene rings is 1. The fourth-order valence-corrected chi connectivity index (χ4v) is 4.71. The second kappa shape index (κ2) is 10.3. The maximum Gasteiger partial charge on any atom is 0.292 e. The fourth-order valence-electron chi connectivity index (χ4n) is 4.12. The van der Waals surface area contributed by atoms with Crippen molar-refractivity contribution in [1.82, 2.24) is 9.78 Å². The zero-order valence-corrected chi connectivity index (χ0v) is 19.9. The maximum atomic E-state index is 12.8. The number of halogens is 1. The minimum atomic E-state index is -0.369. The van der Waals surface area contributed by atoms with E-state index in [1.54, 1.807) is 18.3 Å². The summed E-state index contributed by atoms with van der Waals surface area (Å²) in [6, 6.07) is 7.26. The zero-order valence-electron chi connectivity index (χ0n) is 18.2. The molecule has 1 aromatic carbocycles. The third-order valence-corrected chi connectivity index (χ3v) is 7.36. The number of nitrogens with zero attached hydrogens (tertiary/aromatic N) is 3. The van der Waals surface area contributed by atoms with Gasteiger partial charge < -0.3 is 14.8 Å². The Labute approximate surface area is 196 Å². The molecule has 1 aromatic heterocycles. The smallest absolute Gasteiger partial charge is 0.292 e. The van der Waals surface area contributed by atoms with Crippen LogP contribution in [0.2, 0.25) is 5.02 Å². The average molecular weight is 482 g/mol. The predicted molar refractivity (Wildman–Crippen MR) is 126 cm³/mol. The van der Waals surface area contributed by atoms with Gasteiger partial charge in [0.1, 0.15) is 16.9 Å². The van der Waals surface area contributed by atoms with Crippen LogP contribution in [0.5, 0.6) is 5.75 Å². The van der Waals surface area contributed by atoms with Crippen LogP contribution >= 0.6 is 11.6 Å². The standard InChI is InChI=1S/C22H29ClN4O4S/c1-27(32-29)10-8-19(9-11-27)31-18-6-4-17(5-7-18)26-22(28)21(23)20(14-25-26)24-13-16-3-2-12-30-15-16/h4-7,14,16,19,32H,2-3,8-13,15H2,1H3/p+1/t16-,19?,27?/m0/s1. The molecular formula is C22H30ClN4O4S+. The summed E-state index contributed by atoms with van der Waals surface area (Å²) >= 11 is 6.50. The Bertz CT molecular complexity index is 986. The van der Waals surface area contributed by atoms with Crippen molar-refractivity contribution in [2.45, 2.75) is 31.8 Å². The molecule has 0 aliphatic carbocycles. The van der Waals surface area contributed by atoms with Crippen molar-refractivity contribution in [2.75, 3.05) is 45.2 Å². The van der Waals surface area contributed by atoms with Crippen molar-refractivity contribution in [3.05, 3.63) is 45.8 Å². The topological polar surface area (TPSA) is 82.5 Å². The van der Waals surface area contributed by atoms with E-state index in [2.05, 4.69) is 10.4 Å². The van der Waals surface area contributed by atoms with Gasteiger partial charge in [0.2, 0.25) is 0 Å². The summed E-state index contributed by atoms with van der Waals surface area (Å²) in [6.45, 7) is 3.88. The number of ether oxygens (including phenoxy) is 2. The van der Waals surface area contributed by atoms with Gasteiger partial charge in [-0.05, 0) is 43.0 Å². The van der Waals surface area contributed by atoms with Crippen LogP contribution in [0.1, 0.15) is 25.7 Å². The minimum Gasteiger partial charge on any atom is -0.490 e. The highest BCUT2D eigenvalue weighted by Crippen LogP contribution is 2.23. The molecule has 1 atom stereocenters. The molecule has 2 fully saturated rings. The number of rotatable bonds is 7. The molecule has 3 heterocycles. The average Bonchev–Trinajstić information content (AvgIpc) is 2.83. The normalized spacial score (nSPS) is 25.9. The minimum absolute atomic E-state index is 0.101. The lowest BCUT2D eigenvalue weighted by atomic mass is 10.0. The lowest BCUT2D eigenvalue weighted by Crippen LogP contribution is -2.48. The van der Waals surface area contributed by atoms with E-state index in [0.29, 0.717) is 27.7 Å². The van der Waals surface area contributed by atoms with Gasteiger partial charge in [-0.2, -0.15) is 9.78 Å². The molecule has 4 rings (SSSR count). The Balaban J connectivity index is 1.38. The van der Waals surface area contributed by atoms with Crippen molar-refractivity contribution < 1.29 is 17.6 Å². The molecule has 2 saturated heterocycles. The van der Waals surface area contributed by atoms with E-state index < -0.39 is 0 Å². The van der Waals surface area contributed by atoms with E-state index in [4.69, 9.17) is 21.1 Å². The highest BCUT2D eigenvalue weighted by atomic mass is 35.5. The van der Waals surface area contributed by atoms with E-state index in [-0.39, 0.29) is 28.5 Å². The first-order valence-corrected chi connectivity index (χ1v) is 12.2. The van der Waals surface area contributed by atoms with E-state index in [1.807, 2.05) is 19.2 Å². The lowest BCUT2D eigenvalue weighted by Gasteiger charge is -2.34. The number of hydrogen-bond donors (Lipinski definition) is 2. The monoisotopic (exact) mass is 481 g/mol. The first-order chi connectivity index (χ1) is 15.5. The lowest BCUT2D eigenvalue weighted by molar-refractivity contribution is -0.783. The number of aromatic nitrogens is 2. The van der Waals surface area contributed by atoms with Crippen molar-refractivity contribution in [1.29, 1.82) is 0 Å². The molecule has 10 heteroatoms. The first kappa shape index (κ1) is 23.2. The summed E-state index contributed by atoms with van der Waals surface area (Å²) in [5.41, 5.74) is 0.791. The zero-order chi connectivity index (χ0) is 22.6. The van der Waals surface area contributed by atoms with Gasteiger partial charge in [-0.3, -0.25) is 4.79 Å². The Hall–Kier alpha value is -1.94. The van der Waals surface area contributed by atoms with Crippen LogP contribution in [0.4, 0.5) is 5.69 Å². The Kier molecular flexibility index (Phi) is 7.50. The number of piperidine rings is 1. The molecular weight excluding hydrogens is 452 g/mol. The van der Waals surface area contributed by atoms with Gasteiger partial charge >= 0.3 is 0 Å². The molecule has 2 aliphatic heterocycles. The highest BCUT2D eigenvalue weighted by Gasteiger charge is 2.30. The number of quaternary nitrogens is 1. The van der Waals surface area contributed by atoms with Crippen LogP contribution in [0.15, 0.2) is 35.3 Å². The molecule has 2 aliphatic rings. The number of hydrogen-bond acceptors (Lipinski definition) is 6. The molecule has 0 saturated carbocycles. The van der Waals surface area contributed by atoms with Crippen LogP contribution in [0.25, 0.3) is 5.69 Å². The summed E-state index contributed by atoms with van der Waals surface area (Å²) in [4.78, 5) is 12.8. The van der Waals surface area contributed by atoms with Gasteiger partial charge in [-0.25, -0.2) is 8.10 Å². The molecule has 0 amide bonds. The van der Waals surface area contributed by atoms with Gasteiger partial charge in [0.15, 0.2) is 11.9 Å². The van der Waals surface area contributed by atoms with Gasteiger partial charge in [0.05, 0.1) is 44.3 Å². The van der Waals surface area contributed by atoms with Gasteiger partial charge in [-0.1, -0.05) is 11.6 Å². The predicted octanol–water partition coefficient (Wildman–Crippen LogP) is 2.57. The van der Waals surface area contributed by atoms with E-state index in [0.717, 1.165) is 57.7 Å². The fraction of sp³-hybridized carbons (Fsp3) is 0.545. The molecule has 0 bridgehead atoms. The quantitative estimate of drug-likeness (QED) is 0.467. The third kappa shape index (κ3) is 5.51. The Morgan fingerprint density at radius 1 is 1.28 bits per heavy atom. The van der Waals surface area contributed by atoms with Crippen LogP contribution in [0, 0.1) is 5.92 Å². The van der Waals surface area contributed by atoms with Gasteiger partial charge in [-0.15, -0.1) is 0 Å². The number of likely N-dealkylation sites (tertiary alicyclic amines) is 1. The number of thiol groups is 1. The SMILES string of the molecule is C[N+]1([SH]=O)CCC(Oc2ccc(-n3ncc(NC[C@@H]4CCCOC4)c(Cl)c3=O)cc2)CC1. The largest absolute Gasteiger partial charge is 0.490 e. The summed E-state index contributed by atoms with van der Waals surface area (Å²) in [7, 11) is 1.99. The summed E-state index contributed by atoms with van der Waals surface area (Å²) in [5, 5.41) is 7.66. The van der Waals surface area contributed by atoms with Crippen LogP contribution in [-0.2, 0) is 16.6 Å². The van der Waals surface area contributed by atoms with Crippen molar-refractivity contribution >= 4 is 29.1 Å². The Morgan fingerprint density at radius 3 is 2.69 bits per heavy atom. The number of anilines is 1. The van der Waals surface area contributed by atoms with E-state index >= 15 is 0 Å². The molecule has 0 radical (unpaired) electrons. The van der Waals surface area contributed by atoms with Crippen LogP contribution in [0.3, 0.4) is 0 Å². The Morgan fingerprint density at radius 2 is 2.03 bits per heavy atom. The third-order valence-electron chi connectivity index (χ3n) is 6.20. The molecule has 2 aromatic rings. The summed E-state index contributed by atoms with van der Waals surface area (Å²) in [6.07, 6.45) is 5.55. The first-order valence-electron chi connectivity index (χ1n) is 11.0. The van der Waals surface area contributed by atoms with Gasteiger partial charge in [0.25, 0.3) is 5.56 Å². The second-order valence-corrected chi connectivity index (χ2v) is 10.2. The van der Waals surface area contributed by atoms with Crippen molar-refractivity contribution in [3.8, 4) is 11.4 Å². The summed E-state index contributed by atoms with van der Waals surface area (Å²) < 4.78 is 24.7. The molecule has 8 nitrogen and oxygen atoms in total. The molecule has 1 N–H and O–H groups in total. The molecule has 32 heavy (non-hydrogen) atoms. The van der Waals surface area contributed by atoms with E-state index in [1.165, 1.54) is 4.68 Å². The van der Waals surface area contributed by atoms with E-state index in [9.17, 15) is 9.00 Å². The molecule has 174 valence electrons. The van der Waals surface area contributed by atoms with Crippen LogP contribution < -0.4 is 15.6 Å². The van der Waals surface area contributed by atoms with Crippen LogP contribution in [-0.4, -0.2) is 63.9 Å². The highest BCUT2D eigenvalue weighted by molar-refractivity contribution is 7.59.